The van der Waals surface area contributed by atoms with E-state index in [0.717, 1.165) is 37.0 Å². The number of aromatic nitrogens is 2. The maximum Gasteiger partial charge on any atom is 0.212 e. The number of nitrogens with zero attached hydrogens (tertiary/aromatic N) is 2. The number of hydrogen-bond donors (Lipinski definition) is 0. The van der Waals surface area contributed by atoms with Crippen LogP contribution in [0.25, 0.3) is 76.9 Å². The van der Waals surface area contributed by atoms with Gasteiger partial charge >= 0.3 is 0 Å². The summed E-state index contributed by atoms with van der Waals surface area (Å²) in [6, 6.07) is 38.7. The van der Waals surface area contributed by atoms with Gasteiger partial charge in [-0.1, -0.05) is 72.5 Å². The minimum Gasteiger partial charge on any atom is -0.456 e. The van der Waals surface area contributed by atoms with E-state index in [1.54, 1.807) is 0 Å². The molecule has 12 rings (SSSR count). The largest absolute Gasteiger partial charge is 0.456 e. The van der Waals surface area contributed by atoms with E-state index in [1.165, 1.54) is 88.0 Å². The summed E-state index contributed by atoms with van der Waals surface area (Å²) in [7, 11) is 0. The average Bonchev–Trinajstić information content (AvgIpc) is 3.76. The molecule has 3 heteroatoms. The number of pyridine rings is 1. The van der Waals surface area contributed by atoms with Crippen LogP contribution >= 0.6 is 0 Å². The zero-order valence-electron chi connectivity index (χ0n) is 27.8. The zero-order chi connectivity index (χ0) is 32.7. The molecule has 50 heavy (non-hydrogen) atoms. The van der Waals surface area contributed by atoms with Gasteiger partial charge in [-0.05, 0) is 96.3 Å². The summed E-state index contributed by atoms with van der Waals surface area (Å²) in [6.45, 7) is 3.23. The van der Waals surface area contributed by atoms with Gasteiger partial charge in [0.1, 0.15) is 11.2 Å². The van der Waals surface area contributed by atoms with Gasteiger partial charge in [0, 0.05) is 56.3 Å². The first kappa shape index (κ1) is 27.0. The molecule has 2 aliphatic carbocycles. The molecule has 0 N–H and O–H groups in total. The van der Waals surface area contributed by atoms with E-state index in [9.17, 15) is 0 Å². The lowest BCUT2D eigenvalue weighted by atomic mass is 9.76. The van der Waals surface area contributed by atoms with E-state index in [0.29, 0.717) is 17.8 Å². The Labute approximate surface area is 289 Å². The highest BCUT2D eigenvalue weighted by atomic mass is 16.3. The van der Waals surface area contributed by atoms with Crippen molar-refractivity contribution >= 4 is 65.6 Å². The first-order chi connectivity index (χ1) is 24.7. The van der Waals surface area contributed by atoms with E-state index in [-0.39, 0.29) is 0 Å². The molecule has 0 radical (unpaired) electrons. The van der Waals surface area contributed by atoms with E-state index in [1.807, 2.05) is 0 Å². The van der Waals surface area contributed by atoms with Crippen molar-refractivity contribution in [2.24, 2.45) is 11.8 Å². The third-order valence-electron chi connectivity index (χ3n) is 12.3. The van der Waals surface area contributed by atoms with Crippen LogP contribution in [-0.4, -0.2) is 4.40 Å². The Morgan fingerprint density at radius 1 is 0.760 bits per heavy atom. The Hall–Kier alpha value is -5.85. The molecular weight excluding hydrogens is 609 g/mol. The fraction of sp³-hybridized carbons (Fsp3) is 0.170. The van der Waals surface area contributed by atoms with Gasteiger partial charge in [0.25, 0.3) is 0 Å². The minimum atomic E-state index is 0.394. The number of benzene rings is 5. The van der Waals surface area contributed by atoms with Crippen molar-refractivity contribution in [3.05, 3.63) is 138 Å². The average molecular weight is 642 g/mol. The Morgan fingerprint density at radius 2 is 1.62 bits per heavy atom. The van der Waals surface area contributed by atoms with Crippen molar-refractivity contribution in [3.8, 4) is 23.1 Å². The normalized spacial score (nSPS) is 19.7. The molecule has 3 unspecified atom stereocenters. The lowest BCUT2D eigenvalue weighted by Gasteiger charge is -2.29. The first-order valence-corrected chi connectivity index (χ1v) is 18.0. The molecule has 0 spiro atoms. The standard InChI is InChI=1S/C47H33N2O/c1-27-18-19-40-37-23-39-42(49-41-16-8-6-14-34(41)38-24-44-45(46(39)47(38)49)35-15-7-9-17-43(35)50-44)22-29(37)21-36-30(26-48(40)25-27)20-28-10-2-3-11-31(28)32-12-4-5-13-33(32)36/h4-9,11-19,22-25,28,30,36H,10,20-21,26H2,1H3/q+1. The van der Waals surface area contributed by atoms with Gasteiger partial charge in [-0.15, -0.1) is 0 Å². The molecule has 0 fully saturated rings. The SMILES string of the molecule is Cc1ccc2[n+](c1)CC1CC3CC#CC=C3c3ccccc3C1Cc1cc3c(cc1-2)c1c2c(cc4c5ccccc5n3c41)oc1ccccc12. The Bertz CT molecular complexity index is 3030. The van der Waals surface area contributed by atoms with Gasteiger partial charge in [-0.25, -0.2) is 0 Å². The second-order valence-corrected chi connectivity index (χ2v) is 15.0. The zero-order valence-corrected chi connectivity index (χ0v) is 27.8. The van der Waals surface area contributed by atoms with Gasteiger partial charge in [0.15, 0.2) is 12.7 Å². The van der Waals surface area contributed by atoms with Crippen LogP contribution < -0.4 is 4.57 Å². The van der Waals surface area contributed by atoms with Crippen LogP contribution in [0.15, 0.2) is 120 Å². The Kier molecular flexibility index (Phi) is 5.21. The summed E-state index contributed by atoms with van der Waals surface area (Å²) >= 11 is 0. The maximum atomic E-state index is 6.60. The fourth-order valence-electron chi connectivity index (χ4n) is 10.2. The molecule has 0 bridgehead atoms. The summed E-state index contributed by atoms with van der Waals surface area (Å²) in [5, 5.41) is 7.52. The van der Waals surface area contributed by atoms with Crippen molar-refractivity contribution in [3.63, 3.8) is 0 Å². The number of rotatable bonds is 0. The summed E-state index contributed by atoms with van der Waals surface area (Å²) in [5.41, 5.74) is 15.5. The topological polar surface area (TPSA) is 21.4 Å². The molecule has 5 aromatic carbocycles. The smallest absolute Gasteiger partial charge is 0.212 e. The van der Waals surface area contributed by atoms with E-state index in [4.69, 9.17) is 4.42 Å². The Balaban J connectivity index is 1.22. The molecule has 5 heterocycles. The third kappa shape index (κ3) is 3.48. The minimum absolute atomic E-state index is 0.394. The van der Waals surface area contributed by atoms with Crippen LogP contribution in [0.3, 0.4) is 0 Å². The lowest BCUT2D eigenvalue weighted by molar-refractivity contribution is -0.694. The highest BCUT2D eigenvalue weighted by Crippen LogP contribution is 2.50. The van der Waals surface area contributed by atoms with Gasteiger partial charge in [0.05, 0.1) is 22.1 Å². The van der Waals surface area contributed by atoms with Crippen molar-refractivity contribution in [2.45, 2.75) is 38.6 Å². The highest BCUT2D eigenvalue weighted by molar-refractivity contribution is 6.35. The summed E-state index contributed by atoms with van der Waals surface area (Å²) < 4.78 is 11.7. The molecular formula is C47H33N2O+. The first-order valence-electron chi connectivity index (χ1n) is 18.0. The van der Waals surface area contributed by atoms with Gasteiger partial charge in [-0.3, -0.25) is 0 Å². The summed E-state index contributed by atoms with van der Waals surface area (Å²) in [5.74, 6) is 8.16. The molecule has 0 saturated carbocycles. The molecule has 1 aliphatic heterocycles. The number of allylic oxidation sites excluding steroid dienone is 2. The number of hydrogen-bond acceptors (Lipinski definition) is 1. The van der Waals surface area contributed by atoms with Crippen LogP contribution in [0.1, 0.15) is 41.0 Å². The molecule has 4 aromatic heterocycles. The van der Waals surface area contributed by atoms with Crippen LogP contribution in [0, 0.1) is 30.6 Å². The maximum absolute atomic E-state index is 6.60. The lowest BCUT2D eigenvalue weighted by Crippen LogP contribution is -2.43. The number of aryl methyl sites for hydroxylation is 1. The predicted octanol–water partition coefficient (Wildman–Crippen LogP) is 10.8. The van der Waals surface area contributed by atoms with E-state index < -0.39 is 0 Å². The number of furan rings is 1. The van der Waals surface area contributed by atoms with Crippen LogP contribution in [-0.2, 0) is 13.0 Å². The Morgan fingerprint density at radius 3 is 2.58 bits per heavy atom. The third-order valence-corrected chi connectivity index (χ3v) is 12.3. The fourth-order valence-corrected chi connectivity index (χ4v) is 10.2. The molecule has 3 atom stereocenters. The van der Waals surface area contributed by atoms with Crippen molar-refractivity contribution in [1.82, 2.24) is 4.40 Å². The molecule has 9 aromatic rings. The van der Waals surface area contributed by atoms with Gasteiger partial charge < -0.3 is 8.82 Å². The molecule has 3 nitrogen and oxygen atoms in total. The van der Waals surface area contributed by atoms with Crippen LogP contribution in [0.2, 0.25) is 0 Å². The molecule has 0 amide bonds. The number of fused-ring (bicyclic) bond motifs is 18. The summed E-state index contributed by atoms with van der Waals surface area (Å²) in [4.78, 5) is 0. The second-order valence-electron chi connectivity index (χ2n) is 15.0. The van der Waals surface area contributed by atoms with Crippen LogP contribution in [0.4, 0.5) is 0 Å². The van der Waals surface area contributed by atoms with Gasteiger partial charge in [0.2, 0.25) is 5.69 Å². The monoisotopic (exact) mass is 641 g/mol. The molecule has 0 saturated heterocycles. The molecule has 3 aliphatic rings. The van der Waals surface area contributed by atoms with Crippen molar-refractivity contribution in [1.29, 1.82) is 0 Å². The quantitative estimate of drug-likeness (QED) is 0.119. The molecule has 236 valence electrons. The van der Waals surface area contributed by atoms with E-state index >= 15 is 0 Å². The van der Waals surface area contributed by atoms with Crippen molar-refractivity contribution < 1.29 is 8.98 Å². The second kappa shape index (κ2) is 9.65. The van der Waals surface area contributed by atoms with E-state index in [2.05, 4.69) is 143 Å². The predicted molar refractivity (Wildman–Crippen MR) is 204 cm³/mol. The van der Waals surface area contributed by atoms with Crippen molar-refractivity contribution in [2.75, 3.05) is 0 Å². The summed E-state index contributed by atoms with van der Waals surface area (Å²) in [6.07, 6.45) is 7.72. The van der Waals surface area contributed by atoms with Crippen LogP contribution in [0.5, 0.6) is 0 Å². The highest BCUT2D eigenvalue weighted by Gasteiger charge is 2.39. The number of para-hydroxylation sites is 2. The van der Waals surface area contributed by atoms with Gasteiger partial charge in [-0.2, -0.15) is 4.57 Å².